The molecule has 0 saturated carbocycles. The predicted octanol–water partition coefficient (Wildman–Crippen LogP) is 3.62. The van der Waals surface area contributed by atoms with E-state index < -0.39 is 10.0 Å². The normalized spacial score (nSPS) is 14.0. The predicted molar refractivity (Wildman–Crippen MR) is 103 cm³/mol. The molecule has 1 amide bonds. The number of hydrogen-bond acceptors (Lipinski definition) is 3. The number of rotatable bonds is 5. The fourth-order valence-electron chi connectivity index (χ4n) is 3.03. The molecule has 0 spiro atoms. The number of fused-ring (bicyclic) bond motifs is 1. The minimum atomic E-state index is -3.67. The van der Waals surface area contributed by atoms with Crippen molar-refractivity contribution in [3.63, 3.8) is 0 Å². The molecule has 0 saturated heterocycles. The standard InChI is InChI=1S/C19H21ClN2O3S/c1-2-11-21-19(23)15-5-10-18-14(13-15)4-3-12-22(18)26(24,25)17-8-6-16(20)7-9-17/h5-10,13H,2-4,11-12H2,1H3,(H,21,23). The molecule has 0 bridgehead atoms. The fraction of sp³-hybridized carbons (Fsp3) is 0.316. The second-order valence-electron chi connectivity index (χ2n) is 6.23. The summed E-state index contributed by atoms with van der Waals surface area (Å²) in [5, 5.41) is 3.34. The van der Waals surface area contributed by atoms with Gasteiger partial charge in [-0.05, 0) is 67.3 Å². The molecule has 26 heavy (non-hydrogen) atoms. The third-order valence-corrected chi connectivity index (χ3v) is 6.43. The smallest absolute Gasteiger partial charge is 0.264 e. The SMILES string of the molecule is CCCNC(=O)c1ccc2c(c1)CCCN2S(=O)(=O)c1ccc(Cl)cc1. The van der Waals surface area contributed by atoms with Gasteiger partial charge in [0.25, 0.3) is 15.9 Å². The van der Waals surface area contributed by atoms with Crippen molar-refractivity contribution in [3.8, 4) is 0 Å². The maximum absolute atomic E-state index is 13.0. The van der Waals surface area contributed by atoms with Crippen molar-refractivity contribution in [2.45, 2.75) is 31.1 Å². The number of anilines is 1. The van der Waals surface area contributed by atoms with Crippen LogP contribution >= 0.6 is 11.6 Å². The summed E-state index contributed by atoms with van der Waals surface area (Å²) in [6, 6.07) is 11.4. The molecule has 1 aliphatic rings. The number of benzene rings is 2. The molecule has 3 rings (SSSR count). The van der Waals surface area contributed by atoms with E-state index in [2.05, 4.69) is 5.32 Å². The number of aryl methyl sites for hydroxylation is 1. The van der Waals surface area contributed by atoms with E-state index in [1.807, 2.05) is 6.92 Å². The highest BCUT2D eigenvalue weighted by molar-refractivity contribution is 7.92. The van der Waals surface area contributed by atoms with Crippen LogP contribution in [0.1, 0.15) is 35.7 Å². The van der Waals surface area contributed by atoms with Crippen LogP contribution in [0.15, 0.2) is 47.4 Å². The van der Waals surface area contributed by atoms with Crippen LogP contribution in [0.4, 0.5) is 5.69 Å². The second-order valence-corrected chi connectivity index (χ2v) is 8.53. The first-order valence-corrected chi connectivity index (χ1v) is 10.4. The zero-order chi connectivity index (χ0) is 18.7. The highest BCUT2D eigenvalue weighted by Crippen LogP contribution is 2.33. The molecule has 0 unspecified atom stereocenters. The van der Waals surface area contributed by atoms with Gasteiger partial charge in [0.05, 0.1) is 10.6 Å². The van der Waals surface area contributed by atoms with Crippen molar-refractivity contribution in [2.75, 3.05) is 17.4 Å². The summed E-state index contributed by atoms with van der Waals surface area (Å²) >= 11 is 5.87. The summed E-state index contributed by atoms with van der Waals surface area (Å²) in [5.74, 6) is -0.132. The molecule has 1 aliphatic heterocycles. The fourth-order valence-corrected chi connectivity index (χ4v) is 4.69. The molecule has 2 aromatic carbocycles. The number of halogens is 1. The van der Waals surface area contributed by atoms with E-state index in [-0.39, 0.29) is 10.8 Å². The molecule has 0 fully saturated rings. The first-order valence-electron chi connectivity index (χ1n) is 8.63. The van der Waals surface area contributed by atoms with Crippen LogP contribution in [0.2, 0.25) is 5.02 Å². The first-order chi connectivity index (χ1) is 12.4. The van der Waals surface area contributed by atoms with E-state index in [1.165, 1.54) is 16.4 Å². The summed E-state index contributed by atoms with van der Waals surface area (Å²) in [7, 11) is -3.67. The summed E-state index contributed by atoms with van der Waals surface area (Å²) in [6.07, 6.45) is 2.32. The Kier molecular flexibility index (Phi) is 5.53. The topological polar surface area (TPSA) is 66.5 Å². The van der Waals surface area contributed by atoms with Crippen LogP contribution < -0.4 is 9.62 Å². The Balaban J connectivity index is 1.94. The van der Waals surface area contributed by atoms with Crippen molar-refractivity contribution >= 4 is 33.2 Å². The van der Waals surface area contributed by atoms with Crippen LogP contribution in [0.5, 0.6) is 0 Å². The Labute approximate surface area is 159 Å². The minimum absolute atomic E-state index is 0.132. The number of sulfonamides is 1. The lowest BCUT2D eigenvalue weighted by atomic mass is 10.0. The maximum Gasteiger partial charge on any atom is 0.264 e. The molecule has 0 aliphatic carbocycles. The monoisotopic (exact) mass is 392 g/mol. The second kappa shape index (κ2) is 7.68. The van der Waals surface area contributed by atoms with Crippen LogP contribution in [-0.4, -0.2) is 27.4 Å². The van der Waals surface area contributed by atoms with Gasteiger partial charge in [-0.1, -0.05) is 18.5 Å². The van der Waals surface area contributed by atoms with Crippen molar-refractivity contribution in [3.05, 3.63) is 58.6 Å². The van der Waals surface area contributed by atoms with E-state index in [9.17, 15) is 13.2 Å². The Morgan fingerprint density at radius 2 is 1.92 bits per heavy atom. The van der Waals surface area contributed by atoms with Gasteiger partial charge in [-0.25, -0.2) is 8.42 Å². The van der Waals surface area contributed by atoms with Crippen LogP contribution in [-0.2, 0) is 16.4 Å². The van der Waals surface area contributed by atoms with Gasteiger partial charge in [0, 0.05) is 23.7 Å². The van der Waals surface area contributed by atoms with Gasteiger partial charge in [0.2, 0.25) is 0 Å². The molecular weight excluding hydrogens is 372 g/mol. The average molecular weight is 393 g/mol. The minimum Gasteiger partial charge on any atom is -0.352 e. The van der Waals surface area contributed by atoms with Gasteiger partial charge < -0.3 is 5.32 Å². The molecule has 138 valence electrons. The zero-order valence-electron chi connectivity index (χ0n) is 14.5. The number of amides is 1. The van der Waals surface area contributed by atoms with Gasteiger partial charge in [-0.2, -0.15) is 0 Å². The number of carbonyl (C=O) groups excluding carboxylic acids is 1. The highest BCUT2D eigenvalue weighted by Gasteiger charge is 2.29. The lowest BCUT2D eigenvalue weighted by Gasteiger charge is -2.30. The zero-order valence-corrected chi connectivity index (χ0v) is 16.1. The summed E-state index contributed by atoms with van der Waals surface area (Å²) < 4.78 is 27.5. The van der Waals surface area contributed by atoms with Crippen LogP contribution in [0.25, 0.3) is 0 Å². The molecule has 5 nitrogen and oxygen atoms in total. The lowest BCUT2D eigenvalue weighted by molar-refractivity contribution is 0.0953. The maximum atomic E-state index is 13.0. The Bertz CT molecular complexity index is 911. The Morgan fingerprint density at radius 3 is 2.62 bits per heavy atom. The van der Waals surface area contributed by atoms with Crippen LogP contribution in [0, 0.1) is 0 Å². The van der Waals surface area contributed by atoms with E-state index in [0.29, 0.717) is 35.8 Å². The first kappa shape index (κ1) is 18.7. The van der Waals surface area contributed by atoms with Gasteiger partial charge in [-0.3, -0.25) is 9.10 Å². The van der Waals surface area contributed by atoms with Gasteiger partial charge in [0.15, 0.2) is 0 Å². The van der Waals surface area contributed by atoms with Crippen LogP contribution in [0.3, 0.4) is 0 Å². The molecule has 0 aromatic heterocycles. The van der Waals surface area contributed by atoms with E-state index >= 15 is 0 Å². The number of hydrogen-bond donors (Lipinski definition) is 1. The van der Waals surface area contributed by atoms with Gasteiger partial charge >= 0.3 is 0 Å². The van der Waals surface area contributed by atoms with E-state index in [1.54, 1.807) is 30.3 Å². The summed E-state index contributed by atoms with van der Waals surface area (Å²) in [4.78, 5) is 12.4. The molecule has 0 radical (unpaired) electrons. The summed E-state index contributed by atoms with van der Waals surface area (Å²) in [6.45, 7) is 3.03. The quantitative estimate of drug-likeness (QED) is 0.845. The number of nitrogens with zero attached hydrogens (tertiary/aromatic N) is 1. The molecule has 1 heterocycles. The molecule has 0 atom stereocenters. The van der Waals surface area contributed by atoms with E-state index in [4.69, 9.17) is 11.6 Å². The summed E-state index contributed by atoms with van der Waals surface area (Å²) in [5.41, 5.74) is 2.07. The van der Waals surface area contributed by atoms with Crippen molar-refractivity contribution in [1.29, 1.82) is 0 Å². The molecule has 1 N–H and O–H groups in total. The number of carbonyl (C=O) groups is 1. The Hall–Kier alpha value is -2.05. The molecular formula is C19H21ClN2O3S. The highest BCUT2D eigenvalue weighted by atomic mass is 35.5. The van der Waals surface area contributed by atoms with Crippen molar-refractivity contribution in [1.82, 2.24) is 5.32 Å². The van der Waals surface area contributed by atoms with E-state index in [0.717, 1.165) is 18.4 Å². The number of nitrogens with one attached hydrogen (secondary N) is 1. The van der Waals surface area contributed by atoms with Gasteiger partial charge in [-0.15, -0.1) is 0 Å². The largest absolute Gasteiger partial charge is 0.352 e. The lowest BCUT2D eigenvalue weighted by Crippen LogP contribution is -2.35. The molecule has 2 aromatic rings. The van der Waals surface area contributed by atoms with Gasteiger partial charge in [0.1, 0.15) is 0 Å². The third-order valence-electron chi connectivity index (χ3n) is 4.35. The average Bonchev–Trinajstić information content (AvgIpc) is 2.65. The van der Waals surface area contributed by atoms with Crippen molar-refractivity contribution in [2.24, 2.45) is 0 Å². The molecule has 7 heteroatoms. The Morgan fingerprint density at radius 1 is 1.19 bits per heavy atom. The third kappa shape index (κ3) is 3.71. The van der Waals surface area contributed by atoms with Crippen molar-refractivity contribution < 1.29 is 13.2 Å².